The third-order valence-electron chi connectivity index (χ3n) is 0. The molecule has 0 saturated carbocycles. The highest BCUT2D eigenvalue weighted by molar-refractivity contribution is 7.78. The van der Waals surface area contributed by atoms with Gasteiger partial charge in [-0.1, -0.05) is 18.8 Å². The fourth-order valence-electron chi connectivity index (χ4n) is 0. The van der Waals surface area contributed by atoms with E-state index in [0.717, 1.165) is 0 Å². The maximum Gasteiger partial charge on any atom is 0.0442 e. The van der Waals surface area contributed by atoms with Gasteiger partial charge in [0.05, 0.1) is 0 Å². The molecule has 0 saturated heterocycles. The van der Waals surface area contributed by atoms with Crippen molar-refractivity contribution in [3.63, 3.8) is 0 Å². The average molecular weight is 119 g/mol. The van der Waals surface area contributed by atoms with Gasteiger partial charge in [0.1, 0.15) is 0 Å². The molecule has 3 heteroatoms. The Morgan fingerprint density at radius 3 is 2.00 bits per heavy atom. The van der Waals surface area contributed by atoms with Crippen LogP contribution in [0.2, 0.25) is 0 Å². The molecule has 34 valence electrons. The minimum absolute atomic E-state index is 1.33. The van der Waals surface area contributed by atoms with Crippen LogP contribution in [0.3, 0.4) is 0 Å². The smallest absolute Gasteiger partial charge is 0.0442 e. The number of rotatable bonds is 0. The molecule has 0 aliphatic rings. The van der Waals surface area contributed by atoms with E-state index in [1.54, 1.807) is 15.1 Å². The first-order chi connectivity index (χ1) is 2.83. The van der Waals surface area contributed by atoms with E-state index >= 15 is 0 Å². The monoisotopic (exact) mass is 119 g/mol. The van der Waals surface area contributed by atoms with Crippen LogP contribution in [0.15, 0.2) is 12.4 Å². The predicted molar refractivity (Wildman–Crippen MR) is 37.3 cm³/mol. The first kappa shape index (κ1) is 9.36. The van der Waals surface area contributed by atoms with Gasteiger partial charge in [-0.25, -0.2) is 0 Å². The van der Waals surface area contributed by atoms with Crippen LogP contribution < -0.4 is 0 Å². The largest absolute Gasteiger partial charge is 0.753 e. The summed E-state index contributed by atoms with van der Waals surface area (Å²) in [6.07, 6.45) is 0. The van der Waals surface area contributed by atoms with Crippen molar-refractivity contribution in [2.24, 2.45) is 0 Å². The lowest BCUT2D eigenvalue weighted by atomic mass is 11.3. The summed E-state index contributed by atoms with van der Waals surface area (Å²) in [6, 6.07) is 0. The first-order valence-corrected chi connectivity index (χ1v) is 2.47. The molecule has 0 aromatic carbocycles. The van der Waals surface area contributed by atoms with Crippen molar-refractivity contribution in [3.05, 3.63) is 17.8 Å². The average Bonchev–Trinajstić information content (AvgIpc) is 1.39. The van der Waals surface area contributed by atoms with Gasteiger partial charge in [-0.3, -0.25) is 0 Å². The topological polar surface area (TPSA) is 22.3 Å². The quantitative estimate of drug-likeness (QED) is 0.268. The molecular formula is C3H6NPS. The maximum absolute atomic E-state index is 7.13. The third kappa shape index (κ3) is 38900. The molecule has 0 radical (unpaired) electrons. The van der Waals surface area contributed by atoms with E-state index in [9.17, 15) is 0 Å². The summed E-state index contributed by atoms with van der Waals surface area (Å²) in [7, 11) is 1.74. The Labute approximate surface area is 45.2 Å². The summed E-state index contributed by atoms with van der Waals surface area (Å²) in [5.74, 6) is 1.78. The molecule has 0 amide bonds. The second kappa shape index (κ2) is 20.2. The zero-order valence-electron chi connectivity index (χ0n) is 3.35. The van der Waals surface area contributed by atoms with Gasteiger partial charge in [-0.15, -0.1) is 0 Å². The molecule has 1 nitrogen and oxygen atoms in total. The summed E-state index contributed by atoms with van der Waals surface area (Å²) < 4.78 is 0. The molecule has 1 atom stereocenters. The summed E-state index contributed by atoms with van der Waals surface area (Å²) in [6.45, 7) is 3.37. The van der Waals surface area contributed by atoms with E-state index < -0.39 is 0 Å². The Kier molecular flexibility index (Phi) is 31.5. The van der Waals surface area contributed by atoms with Gasteiger partial charge < -0.3 is 5.41 Å². The predicted octanol–water partition coefficient (Wildman–Crippen LogP) is 1.40. The molecule has 0 aliphatic heterocycles. The van der Waals surface area contributed by atoms with E-state index in [0.29, 0.717) is 0 Å². The molecule has 0 bridgehead atoms. The Morgan fingerprint density at radius 2 is 2.00 bits per heavy atom. The number of isothiocyanates is 1. The minimum Gasteiger partial charge on any atom is -0.753 e. The number of thiocarbonyl (C=S) groups is 1. The fraction of sp³-hybridized carbons (Fsp3) is 0. The van der Waals surface area contributed by atoms with Crippen molar-refractivity contribution < 1.29 is 0 Å². The van der Waals surface area contributed by atoms with Gasteiger partial charge in [0.15, 0.2) is 0 Å². The molecule has 0 aliphatic carbocycles. The molecule has 6 heavy (non-hydrogen) atoms. The van der Waals surface area contributed by atoms with Gasteiger partial charge in [-0.2, -0.15) is 5.16 Å². The Balaban J connectivity index is 0. The van der Waals surface area contributed by atoms with Gasteiger partial charge in [0.2, 0.25) is 0 Å². The van der Waals surface area contributed by atoms with Gasteiger partial charge in [0, 0.05) is 5.82 Å². The summed E-state index contributed by atoms with van der Waals surface area (Å²) in [5.41, 5.74) is 0. The minimum atomic E-state index is 1.33. The Hall–Kier alpha value is -0.0300. The molecule has 0 spiro atoms. The van der Waals surface area contributed by atoms with E-state index in [4.69, 9.17) is 5.41 Å². The highest BCUT2D eigenvalue weighted by Gasteiger charge is 1.24. The van der Waals surface area contributed by atoms with E-state index in [-0.39, 0.29) is 0 Å². The van der Waals surface area contributed by atoms with Gasteiger partial charge in [-0.05, 0) is 9.24 Å². The highest BCUT2D eigenvalue weighted by atomic mass is 32.1. The van der Waals surface area contributed by atoms with Crippen LogP contribution in [0, 0.1) is 0 Å². The second-order valence-corrected chi connectivity index (χ2v) is 1.14. The fourth-order valence-corrected chi connectivity index (χ4v) is 0. The van der Waals surface area contributed by atoms with Crippen molar-refractivity contribution in [3.8, 4) is 0 Å². The van der Waals surface area contributed by atoms with Crippen LogP contribution in [-0.2, 0) is 0 Å². The van der Waals surface area contributed by atoms with Crippen LogP contribution in [0.1, 0.15) is 0 Å². The molecule has 1 unspecified atom stereocenters. The third-order valence-corrected chi connectivity index (χ3v) is 0. The lowest BCUT2D eigenvalue weighted by Gasteiger charge is -1.37. The Bertz CT molecular complexity index is 55.8. The van der Waals surface area contributed by atoms with Crippen molar-refractivity contribution in [1.82, 2.24) is 0 Å². The van der Waals surface area contributed by atoms with E-state index in [2.05, 4.69) is 18.8 Å². The number of nitrogens with zero attached hydrogens (tertiary/aromatic N) is 1. The zero-order valence-corrected chi connectivity index (χ0v) is 5.58. The van der Waals surface area contributed by atoms with Crippen molar-refractivity contribution in [2.45, 2.75) is 0 Å². The summed E-state index contributed by atoms with van der Waals surface area (Å²) >= 11 is 3.70. The SMILES string of the molecule is C=C[PH3+].[N-]=C=S. The van der Waals surface area contributed by atoms with Gasteiger partial charge in [0.25, 0.3) is 0 Å². The molecule has 0 heterocycles. The van der Waals surface area contributed by atoms with Gasteiger partial charge >= 0.3 is 0 Å². The van der Waals surface area contributed by atoms with Crippen LogP contribution in [-0.4, -0.2) is 5.16 Å². The molecular weight excluding hydrogens is 113 g/mol. The van der Waals surface area contributed by atoms with Crippen molar-refractivity contribution >= 4 is 26.6 Å². The van der Waals surface area contributed by atoms with E-state index in [1.807, 2.05) is 0 Å². The van der Waals surface area contributed by atoms with Crippen molar-refractivity contribution in [2.75, 3.05) is 0 Å². The van der Waals surface area contributed by atoms with Crippen LogP contribution in [0.25, 0.3) is 5.41 Å². The lowest BCUT2D eigenvalue weighted by molar-refractivity contribution is 2.68. The molecule has 0 fully saturated rings. The molecule has 0 rings (SSSR count). The maximum atomic E-state index is 7.13. The first-order valence-electron chi connectivity index (χ1n) is 1.24. The number of hydrogen-bond acceptors (Lipinski definition) is 1. The number of hydrogen-bond donors (Lipinski definition) is 0. The van der Waals surface area contributed by atoms with Crippen LogP contribution in [0.5, 0.6) is 0 Å². The lowest BCUT2D eigenvalue weighted by Crippen LogP contribution is -0.979. The molecule has 0 aromatic heterocycles. The molecule has 0 aromatic rings. The zero-order chi connectivity index (χ0) is 5.41. The highest BCUT2D eigenvalue weighted by Crippen LogP contribution is 1.69. The Morgan fingerprint density at radius 1 is 2.00 bits per heavy atom. The summed E-state index contributed by atoms with van der Waals surface area (Å²) in [5, 5.41) is 8.47. The normalized spacial score (nSPS) is 4.00. The van der Waals surface area contributed by atoms with Crippen molar-refractivity contribution in [1.29, 1.82) is 0 Å². The second-order valence-electron chi connectivity index (χ2n) is 0.380. The summed E-state index contributed by atoms with van der Waals surface area (Å²) in [4.78, 5) is 0. The van der Waals surface area contributed by atoms with Crippen LogP contribution in [0.4, 0.5) is 0 Å². The van der Waals surface area contributed by atoms with E-state index in [1.165, 1.54) is 5.16 Å². The standard InChI is InChI=1S/C2H5P.CNS/c1-2-3;2-1-3/h2H,1,3H2;/q;-1/p+1. The van der Waals surface area contributed by atoms with Crippen LogP contribution >= 0.6 is 21.5 Å². The molecule has 0 N–H and O–H groups in total.